The molecule has 0 aromatic heterocycles. The fourth-order valence-corrected chi connectivity index (χ4v) is 0.994. The number of ether oxygens (including phenoxy) is 1. The van der Waals surface area contributed by atoms with E-state index in [9.17, 15) is 0 Å². The molecule has 0 heterocycles. The molecular formula is C12H17NO. The first-order valence-corrected chi connectivity index (χ1v) is 4.77. The Morgan fingerprint density at radius 2 is 1.93 bits per heavy atom. The quantitative estimate of drug-likeness (QED) is 0.523. The first-order valence-electron chi connectivity index (χ1n) is 4.77. The van der Waals surface area contributed by atoms with E-state index < -0.39 is 0 Å². The lowest BCUT2D eigenvalue weighted by molar-refractivity contribution is 0.214. The molecule has 14 heavy (non-hydrogen) atoms. The molecule has 0 saturated heterocycles. The van der Waals surface area contributed by atoms with Crippen molar-refractivity contribution in [1.29, 1.82) is 0 Å². The van der Waals surface area contributed by atoms with E-state index in [1.807, 2.05) is 50.5 Å². The number of hydrogen-bond acceptors (Lipinski definition) is 2. The summed E-state index contributed by atoms with van der Waals surface area (Å²) in [4.78, 5) is 2.09. The minimum absolute atomic E-state index is 0.732. The van der Waals surface area contributed by atoms with Crippen LogP contribution in [0.3, 0.4) is 0 Å². The number of hydrogen-bond donors (Lipinski definition) is 0. The molecule has 0 radical (unpaired) electrons. The van der Waals surface area contributed by atoms with Gasteiger partial charge < -0.3 is 9.64 Å². The number of likely N-dealkylation sites (N-methyl/N-ethyl adjacent to an activating group) is 1. The van der Waals surface area contributed by atoms with E-state index in [0.717, 1.165) is 18.7 Å². The van der Waals surface area contributed by atoms with Gasteiger partial charge in [-0.3, -0.25) is 0 Å². The molecule has 0 unspecified atom stereocenters. The normalized spacial score (nSPS) is 11.1. The van der Waals surface area contributed by atoms with Crippen LogP contribution in [0, 0.1) is 0 Å². The molecule has 0 aliphatic heterocycles. The molecule has 1 aromatic carbocycles. The van der Waals surface area contributed by atoms with Crippen LogP contribution in [0.2, 0.25) is 0 Å². The van der Waals surface area contributed by atoms with Gasteiger partial charge in [-0.05, 0) is 25.7 Å². The van der Waals surface area contributed by atoms with Crippen LogP contribution < -0.4 is 0 Å². The summed E-state index contributed by atoms with van der Waals surface area (Å²) in [6, 6.07) is 10.1. The summed E-state index contributed by atoms with van der Waals surface area (Å²) in [5.41, 5.74) is 1.16. The second kappa shape index (κ2) is 6.22. The maximum absolute atomic E-state index is 5.33. The zero-order chi connectivity index (χ0) is 10.2. The van der Waals surface area contributed by atoms with Crippen LogP contribution in [0.4, 0.5) is 0 Å². The van der Waals surface area contributed by atoms with Crippen molar-refractivity contribution < 1.29 is 4.74 Å². The van der Waals surface area contributed by atoms with E-state index in [2.05, 4.69) is 4.90 Å². The van der Waals surface area contributed by atoms with Crippen LogP contribution in [0.15, 0.2) is 36.6 Å². The molecule has 0 amide bonds. The van der Waals surface area contributed by atoms with E-state index in [4.69, 9.17) is 4.74 Å². The van der Waals surface area contributed by atoms with Crippen LogP contribution >= 0.6 is 0 Å². The fourth-order valence-electron chi connectivity index (χ4n) is 0.994. The molecule has 0 spiro atoms. The Morgan fingerprint density at radius 3 is 2.57 bits per heavy atom. The van der Waals surface area contributed by atoms with Crippen molar-refractivity contribution in [2.45, 2.75) is 0 Å². The first kappa shape index (κ1) is 10.8. The molecule has 0 saturated carbocycles. The highest BCUT2D eigenvalue weighted by molar-refractivity contribution is 5.47. The lowest BCUT2D eigenvalue weighted by atomic mass is 10.2. The summed E-state index contributed by atoms with van der Waals surface area (Å²) in [7, 11) is 4.06. The third-order valence-electron chi connectivity index (χ3n) is 1.81. The fraction of sp³-hybridized carbons (Fsp3) is 0.333. The maximum Gasteiger partial charge on any atom is 0.0999 e. The monoisotopic (exact) mass is 191 g/mol. The number of nitrogens with zero attached hydrogens (tertiary/aromatic N) is 1. The van der Waals surface area contributed by atoms with Crippen molar-refractivity contribution >= 4 is 6.08 Å². The van der Waals surface area contributed by atoms with E-state index in [1.165, 1.54) is 0 Å². The summed E-state index contributed by atoms with van der Waals surface area (Å²) in [5, 5.41) is 0. The van der Waals surface area contributed by atoms with Gasteiger partial charge in [0.25, 0.3) is 0 Å². The second-order valence-electron chi connectivity index (χ2n) is 3.39. The summed E-state index contributed by atoms with van der Waals surface area (Å²) < 4.78 is 5.33. The topological polar surface area (TPSA) is 12.5 Å². The van der Waals surface area contributed by atoms with Crippen LogP contribution in [0.1, 0.15) is 5.56 Å². The van der Waals surface area contributed by atoms with E-state index in [-0.39, 0.29) is 0 Å². The van der Waals surface area contributed by atoms with Gasteiger partial charge in [-0.1, -0.05) is 30.3 Å². The smallest absolute Gasteiger partial charge is 0.0999 e. The Balaban J connectivity index is 2.21. The Bertz CT molecular complexity index is 267. The van der Waals surface area contributed by atoms with Gasteiger partial charge in [0.2, 0.25) is 0 Å². The average Bonchev–Trinajstić information content (AvgIpc) is 2.18. The van der Waals surface area contributed by atoms with E-state index in [1.54, 1.807) is 6.26 Å². The van der Waals surface area contributed by atoms with E-state index >= 15 is 0 Å². The minimum atomic E-state index is 0.732. The summed E-state index contributed by atoms with van der Waals surface area (Å²) in [5.74, 6) is 0. The highest BCUT2D eigenvalue weighted by Gasteiger charge is 1.87. The molecule has 0 fully saturated rings. The standard InChI is InChI=1S/C12H17NO/c1-13(2)9-11-14-10-8-12-6-4-3-5-7-12/h3-8,10H,9,11H2,1-2H3/b10-8-. The molecule has 0 aliphatic rings. The maximum atomic E-state index is 5.33. The molecule has 0 atom stereocenters. The van der Waals surface area contributed by atoms with Gasteiger partial charge in [-0.25, -0.2) is 0 Å². The van der Waals surface area contributed by atoms with Crippen molar-refractivity contribution in [3.05, 3.63) is 42.2 Å². The molecule has 0 N–H and O–H groups in total. The Labute approximate surface area is 85.8 Å². The van der Waals surface area contributed by atoms with Gasteiger partial charge in [0, 0.05) is 6.54 Å². The van der Waals surface area contributed by atoms with Gasteiger partial charge in [0.1, 0.15) is 0 Å². The Kier molecular flexibility index (Phi) is 4.79. The Morgan fingerprint density at radius 1 is 1.21 bits per heavy atom. The van der Waals surface area contributed by atoms with Gasteiger partial charge in [-0.15, -0.1) is 0 Å². The third kappa shape index (κ3) is 4.67. The van der Waals surface area contributed by atoms with Crippen LogP contribution in [-0.4, -0.2) is 32.1 Å². The largest absolute Gasteiger partial charge is 0.500 e. The molecule has 1 aromatic rings. The number of rotatable bonds is 5. The van der Waals surface area contributed by atoms with Gasteiger partial charge in [0.15, 0.2) is 0 Å². The highest BCUT2D eigenvalue weighted by Crippen LogP contribution is 2.00. The molecule has 0 bridgehead atoms. The predicted octanol–water partition coefficient (Wildman–Crippen LogP) is 2.24. The third-order valence-corrected chi connectivity index (χ3v) is 1.81. The molecular weight excluding hydrogens is 174 g/mol. The Hall–Kier alpha value is -1.28. The second-order valence-corrected chi connectivity index (χ2v) is 3.39. The number of benzene rings is 1. The van der Waals surface area contributed by atoms with Crippen LogP contribution in [-0.2, 0) is 4.74 Å². The van der Waals surface area contributed by atoms with Gasteiger partial charge in [0.05, 0.1) is 12.9 Å². The summed E-state index contributed by atoms with van der Waals surface area (Å²) >= 11 is 0. The lowest BCUT2D eigenvalue weighted by Crippen LogP contribution is -2.16. The summed E-state index contributed by atoms with van der Waals surface area (Å²) in [6.07, 6.45) is 3.72. The molecule has 2 nitrogen and oxygen atoms in total. The van der Waals surface area contributed by atoms with E-state index in [0.29, 0.717) is 0 Å². The van der Waals surface area contributed by atoms with Crippen molar-refractivity contribution in [3.8, 4) is 0 Å². The zero-order valence-corrected chi connectivity index (χ0v) is 8.81. The zero-order valence-electron chi connectivity index (χ0n) is 8.81. The average molecular weight is 191 g/mol. The van der Waals surface area contributed by atoms with Crippen molar-refractivity contribution in [2.75, 3.05) is 27.2 Å². The SMILES string of the molecule is CN(C)CCO/C=C\c1ccccc1. The van der Waals surface area contributed by atoms with Gasteiger partial charge >= 0.3 is 0 Å². The summed E-state index contributed by atoms with van der Waals surface area (Å²) in [6.45, 7) is 1.68. The molecule has 1 rings (SSSR count). The van der Waals surface area contributed by atoms with Crippen LogP contribution in [0.25, 0.3) is 6.08 Å². The predicted molar refractivity (Wildman–Crippen MR) is 60.0 cm³/mol. The van der Waals surface area contributed by atoms with Gasteiger partial charge in [-0.2, -0.15) is 0 Å². The molecule has 76 valence electrons. The van der Waals surface area contributed by atoms with Crippen molar-refractivity contribution in [2.24, 2.45) is 0 Å². The first-order chi connectivity index (χ1) is 6.79. The highest BCUT2D eigenvalue weighted by atomic mass is 16.5. The van der Waals surface area contributed by atoms with Crippen molar-refractivity contribution in [1.82, 2.24) is 4.90 Å². The molecule has 0 aliphatic carbocycles. The van der Waals surface area contributed by atoms with Crippen molar-refractivity contribution in [3.63, 3.8) is 0 Å². The molecule has 2 heteroatoms. The van der Waals surface area contributed by atoms with Crippen LogP contribution in [0.5, 0.6) is 0 Å². The minimum Gasteiger partial charge on any atom is -0.500 e. The lowest BCUT2D eigenvalue weighted by Gasteiger charge is -2.07.